The molecule has 0 amide bonds. The maximum Gasteiger partial charge on any atom is 0.0629 e. The van der Waals surface area contributed by atoms with Crippen LogP contribution in [0.3, 0.4) is 0 Å². The second kappa shape index (κ2) is 7.19. The highest BCUT2D eigenvalue weighted by Gasteiger charge is 1.91. The Morgan fingerprint density at radius 3 is 1.64 bits per heavy atom. The molecule has 3 rings (SSSR count). The van der Waals surface area contributed by atoms with Gasteiger partial charge in [-0.25, -0.2) is 0 Å². The Balaban J connectivity index is 1.68. The Bertz CT molecular complexity index is 686. The lowest BCUT2D eigenvalue weighted by molar-refractivity contribution is 1.52. The number of aliphatic imine (C=N–C) groups is 1. The maximum atomic E-state index is 4.46. The van der Waals surface area contributed by atoms with Crippen LogP contribution < -0.4 is 0 Å². The van der Waals surface area contributed by atoms with Crippen molar-refractivity contribution in [2.45, 2.75) is 0 Å². The smallest absolute Gasteiger partial charge is 0.0629 e. The van der Waals surface area contributed by atoms with Gasteiger partial charge in [-0.05, 0) is 28.8 Å². The molecule has 0 N–H and O–H groups in total. The molecule has 22 heavy (non-hydrogen) atoms. The van der Waals surface area contributed by atoms with Gasteiger partial charge in [0.15, 0.2) is 0 Å². The maximum absolute atomic E-state index is 4.46. The average Bonchev–Trinajstić information content (AvgIpc) is 2.61. The third-order valence-corrected chi connectivity index (χ3v) is 3.32. The van der Waals surface area contributed by atoms with Crippen molar-refractivity contribution in [1.82, 2.24) is 0 Å². The van der Waals surface area contributed by atoms with Gasteiger partial charge < -0.3 is 0 Å². The molecule has 0 aliphatic rings. The van der Waals surface area contributed by atoms with Crippen LogP contribution in [0.2, 0.25) is 0 Å². The predicted molar refractivity (Wildman–Crippen MR) is 95.5 cm³/mol. The van der Waals surface area contributed by atoms with Crippen molar-refractivity contribution in [3.8, 4) is 0 Å². The first-order valence-electron chi connectivity index (χ1n) is 7.32. The zero-order chi connectivity index (χ0) is 15.0. The molecular weight excluding hydrogens is 266 g/mol. The summed E-state index contributed by atoms with van der Waals surface area (Å²) in [6.45, 7) is 0. The first-order chi connectivity index (χ1) is 10.9. The largest absolute Gasteiger partial charge is 0.256 e. The summed E-state index contributed by atoms with van der Waals surface area (Å²) in [6, 6.07) is 28.6. The molecule has 0 bridgehead atoms. The fourth-order valence-electron chi connectivity index (χ4n) is 2.11. The number of hydrogen-bond acceptors (Lipinski definition) is 1. The van der Waals surface area contributed by atoms with E-state index in [1.807, 2.05) is 54.7 Å². The SMILES string of the molecule is C(=Cc1ccc(C=Nc2ccccc2)cc1)c1ccccc1. The second-order valence-electron chi connectivity index (χ2n) is 5.00. The molecule has 106 valence electrons. The highest BCUT2D eigenvalue weighted by atomic mass is 14.7. The highest BCUT2D eigenvalue weighted by molar-refractivity contribution is 5.82. The molecule has 0 aliphatic carbocycles. The summed E-state index contributed by atoms with van der Waals surface area (Å²) in [6.07, 6.45) is 6.13. The van der Waals surface area contributed by atoms with Gasteiger partial charge in [0.25, 0.3) is 0 Å². The highest BCUT2D eigenvalue weighted by Crippen LogP contribution is 2.12. The average molecular weight is 283 g/mol. The van der Waals surface area contributed by atoms with Crippen LogP contribution in [0, 0.1) is 0 Å². The molecule has 0 aliphatic heterocycles. The van der Waals surface area contributed by atoms with Crippen molar-refractivity contribution in [2.75, 3.05) is 0 Å². The number of rotatable bonds is 4. The van der Waals surface area contributed by atoms with Crippen LogP contribution in [0.25, 0.3) is 12.2 Å². The van der Waals surface area contributed by atoms with Crippen molar-refractivity contribution in [3.63, 3.8) is 0 Å². The first kappa shape index (κ1) is 14.0. The minimum atomic E-state index is 0.968. The number of nitrogens with zero attached hydrogens (tertiary/aromatic N) is 1. The topological polar surface area (TPSA) is 12.4 Å². The van der Waals surface area contributed by atoms with Gasteiger partial charge in [0.2, 0.25) is 0 Å². The minimum Gasteiger partial charge on any atom is -0.256 e. The van der Waals surface area contributed by atoms with E-state index in [0.717, 1.165) is 11.3 Å². The summed E-state index contributed by atoms with van der Waals surface area (Å²) in [7, 11) is 0. The van der Waals surface area contributed by atoms with Gasteiger partial charge in [0.1, 0.15) is 0 Å². The monoisotopic (exact) mass is 283 g/mol. The molecule has 0 spiro atoms. The van der Waals surface area contributed by atoms with E-state index in [-0.39, 0.29) is 0 Å². The molecule has 3 aromatic carbocycles. The Hall–Kier alpha value is -2.93. The summed E-state index contributed by atoms with van der Waals surface area (Å²) >= 11 is 0. The molecular formula is C21H17N. The summed E-state index contributed by atoms with van der Waals surface area (Å²) in [5.41, 5.74) is 4.45. The van der Waals surface area contributed by atoms with Crippen LogP contribution >= 0.6 is 0 Å². The molecule has 0 saturated carbocycles. The summed E-state index contributed by atoms with van der Waals surface area (Å²) in [5.74, 6) is 0. The van der Waals surface area contributed by atoms with Gasteiger partial charge in [0.05, 0.1) is 5.69 Å². The summed E-state index contributed by atoms with van der Waals surface area (Å²) in [5, 5.41) is 0. The second-order valence-corrected chi connectivity index (χ2v) is 5.00. The Morgan fingerprint density at radius 1 is 0.500 bits per heavy atom. The van der Waals surface area contributed by atoms with Crippen molar-refractivity contribution < 1.29 is 0 Å². The van der Waals surface area contributed by atoms with Gasteiger partial charge in [-0.15, -0.1) is 0 Å². The Morgan fingerprint density at radius 2 is 1.00 bits per heavy atom. The molecule has 0 saturated heterocycles. The van der Waals surface area contributed by atoms with E-state index in [1.54, 1.807) is 0 Å². The zero-order valence-electron chi connectivity index (χ0n) is 12.3. The van der Waals surface area contributed by atoms with E-state index in [4.69, 9.17) is 0 Å². The molecule has 0 radical (unpaired) electrons. The number of hydrogen-bond donors (Lipinski definition) is 0. The van der Waals surface area contributed by atoms with Crippen molar-refractivity contribution in [2.24, 2.45) is 4.99 Å². The standard InChI is InChI=1S/C21H17N/c1-3-7-18(8-4-1)11-12-19-13-15-20(16-14-19)17-22-21-9-5-2-6-10-21/h1-17H. The van der Waals surface area contributed by atoms with Crippen molar-refractivity contribution >= 4 is 24.1 Å². The van der Waals surface area contributed by atoms with Crippen LogP contribution in [-0.2, 0) is 0 Å². The third-order valence-electron chi connectivity index (χ3n) is 3.32. The first-order valence-corrected chi connectivity index (χ1v) is 7.32. The fourth-order valence-corrected chi connectivity index (χ4v) is 2.11. The van der Waals surface area contributed by atoms with Gasteiger partial charge >= 0.3 is 0 Å². The third kappa shape index (κ3) is 4.03. The lowest BCUT2D eigenvalue weighted by Crippen LogP contribution is -1.80. The van der Waals surface area contributed by atoms with Gasteiger partial charge in [-0.1, -0.05) is 84.9 Å². The molecule has 1 nitrogen and oxygen atoms in total. The minimum absolute atomic E-state index is 0.968. The summed E-state index contributed by atoms with van der Waals surface area (Å²) in [4.78, 5) is 4.46. The molecule has 0 atom stereocenters. The van der Waals surface area contributed by atoms with Gasteiger partial charge in [-0.2, -0.15) is 0 Å². The molecule has 0 heterocycles. The van der Waals surface area contributed by atoms with Gasteiger partial charge in [-0.3, -0.25) is 4.99 Å². The van der Waals surface area contributed by atoms with Crippen LogP contribution in [0.5, 0.6) is 0 Å². The van der Waals surface area contributed by atoms with E-state index in [2.05, 4.69) is 53.5 Å². The van der Waals surface area contributed by atoms with E-state index < -0.39 is 0 Å². The molecule has 0 fully saturated rings. The van der Waals surface area contributed by atoms with Crippen molar-refractivity contribution in [1.29, 1.82) is 0 Å². The lowest BCUT2D eigenvalue weighted by atomic mass is 10.1. The van der Waals surface area contributed by atoms with E-state index in [9.17, 15) is 0 Å². The normalized spacial score (nSPS) is 11.3. The number of benzene rings is 3. The number of para-hydroxylation sites is 1. The Kier molecular flexibility index (Phi) is 4.58. The van der Waals surface area contributed by atoms with E-state index >= 15 is 0 Å². The summed E-state index contributed by atoms with van der Waals surface area (Å²) < 4.78 is 0. The van der Waals surface area contributed by atoms with E-state index in [1.165, 1.54) is 11.1 Å². The van der Waals surface area contributed by atoms with Crippen LogP contribution in [0.15, 0.2) is 89.9 Å². The van der Waals surface area contributed by atoms with Crippen LogP contribution in [0.1, 0.15) is 16.7 Å². The quantitative estimate of drug-likeness (QED) is 0.436. The molecule has 3 aromatic rings. The molecule has 0 aromatic heterocycles. The fraction of sp³-hybridized carbons (Fsp3) is 0. The zero-order valence-corrected chi connectivity index (χ0v) is 12.3. The predicted octanol–water partition coefficient (Wildman–Crippen LogP) is 5.61. The van der Waals surface area contributed by atoms with E-state index in [0.29, 0.717) is 0 Å². The van der Waals surface area contributed by atoms with Crippen LogP contribution in [0.4, 0.5) is 5.69 Å². The van der Waals surface area contributed by atoms with Gasteiger partial charge in [0, 0.05) is 6.21 Å². The van der Waals surface area contributed by atoms with Crippen LogP contribution in [-0.4, -0.2) is 6.21 Å². The molecule has 1 heteroatoms. The Labute approximate surface area is 131 Å². The lowest BCUT2D eigenvalue weighted by Gasteiger charge is -1.97. The van der Waals surface area contributed by atoms with Crippen molar-refractivity contribution in [3.05, 3.63) is 102 Å². The molecule has 0 unspecified atom stereocenters.